The van der Waals surface area contributed by atoms with Crippen LogP contribution in [0.4, 0.5) is 5.13 Å². The molecule has 1 aromatic carbocycles. The van der Waals surface area contributed by atoms with Gasteiger partial charge in [0.1, 0.15) is 5.75 Å². The average molecular weight is 319 g/mol. The van der Waals surface area contributed by atoms with Crippen LogP contribution in [0, 0.1) is 0 Å². The standard InChI is InChI=1S/C16H21N3O2S/c1-3-16(8-5-9-17-16)14(20)19-15-18-12-7-6-11(21-4-2)10-13(12)22-15/h6-7,10,17H,3-5,8-9H2,1-2H3,(H,18,19,20). The molecule has 2 heterocycles. The van der Waals surface area contributed by atoms with Crippen LogP contribution in [0.1, 0.15) is 33.1 Å². The lowest BCUT2D eigenvalue weighted by molar-refractivity contribution is -0.122. The summed E-state index contributed by atoms with van der Waals surface area (Å²) in [6, 6.07) is 5.80. The van der Waals surface area contributed by atoms with E-state index in [1.165, 1.54) is 11.3 Å². The van der Waals surface area contributed by atoms with Crippen LogP contribution in [-0.2, 0) is 4.79 Å². The lowest BCUT2D eigenvalue weighted by atomic mass is 9.93. The Morgan fingerprint density at radius 2 is 2.36 bits per heavy atom. The summed E-state index contributed by atoms with van der Waals surface area (Å²) in [6.07, 6.45) is 2.71. The van der Waals surface area contributed by atoms with Gasteiger partial charge < -0.3 is 15.4 Å². The maximum atomic E-state index is 12.6. The number of anilines is 1. The maximum absolute atomic E-state index is 12.6. The van der Waals surface area contributed by atoms with Crippen molar-refractivity contribution < 1.29 is 9.53 Å². The van der Waals surface area contributed by atoms with Gasteiger partial charge >= 0.3 is 0 Å². The summed E-state index contributed by atoms with van der Waals surface area (Å²) in [7, 11) is 0. The number of thiazole rings is 1. The number of amides is 1. The quantitative estimate of drug-likeness (QED) is 0.888. The molecule has 0 saturated carbocycles. The minimum absolute atomic E-state index is 0.0246. The van der Waals surface area contributed by atoms with Crippen LogP contribution < -0.4 is 15.4 Å². The Morgan fingerprint density at radius 1 is 1.50 bits per heavy atom. The molecule has 2 N–H and O–H groups in total. The normalized spacial score (nSPS) is 21.2. The van der Waals surface area contributed by atoms with Gasteiger partial charge in [0.05, 0.1) is 22.4 Å². The zero-order chi connectivity index (χ0) is 15.6. The number of carbonyl (C=O) groups is 1. The fourth-order valence-electron chi connectivity index (χ4n) is 2.89. The molecule has 1 fully saturated rings. The van der Waals surface area contributed by atoms with Gasteiger partial charge in [0.25, 0.3) is 0 Å². The first-order valence-electron chi connectivity index (χ1n) is 7.77. The second-order valence-electron chi connectivity index (χ2n) is 5.50. The first kappa shape index (κ1) is 15.2. The molecule has 6 heteroatoms. The Labute approximate surface area is 134 Å². The van der Waals surface area contributed by atoms with Gasteiger partial charge in [-0.15, -0.1) is 0 Å². The van der Waals surface area contributed by atoms with E-state index in [4.69, 9.17) is 4.74 Å². The smallest absolute Gasteiger partial charge is 0.246 e. The van der Waals surface area contributed by atoms with Crippen molar-refractivity contribution >= 4 is 32.6 Å². The molecule has 0 aliphatic carbocycles. The van der Waals surface area contributed by atoms with Crippen LogP contribution in [0.15, 0.2) is 18.2 Å². The molecule has 3 rings (SSSR count). The molecule has 1 saturated heterocycles. The first-order valence-corrected chi connectivity index (χ1v) is 8.58. The highest BCUT2D eigenvalue weighted by molar-refractivity contribution is 7.22. The zero-order valence-corrected chi connectivity index (χ0v) is 13.8. The van der Waals surface area contributed by atoms with Crippen LogP contribution in [0.5, 0.6) is 5.75 Å². The summed E-state index contributed by atoms with van der Waals surface area (Å²) >= 11 is 1.48. The van der Waals surface area contributed by atoms with E-state index in [1.807, 2.05) is 32.0 Å². The molecule has 2 aromatic rings. The van der Waals surface area contributed by atoms with Crippen molar-refractivity contribution in [1.82, 2.24) is 10.3 Å². The number of ether oxygens (including phenoxy) is 1. The average Bonchev–Trinajstić information content (AvgIpc) is 3.13. The van der Waals surface area contributed by atoms with Crippen LogP contribution in [0.25, 0.3) is 10.2 Å². The molecule has 0 bridgehead atoms. The third-order valence-electron chi connectivity index (χ3n) is 4.17. The van der Waals surface area contributed by atoms with Gasteiger partial charge in [-0.05, 0) is 50.9 Å². The molecular weight excluding hydrogens is 298 g/mol. The number of aromatic nitrogens is 1. The molecule has 1 unspecified atom stereocenters. The van der Waals surface area contributed by atoms with Gasteiger partial charge in [0.2, 0.25) is 5.91 Å². The third-order valence-corrected chi connectivity index (χ3v) is 5.11. The van der Waals surface area contributed by atoms with E-state index in [0.717, 1.165) is 41.8 Å². The van der Waals surface area contributed by atoms with Gasteiger partial charge in [-0.1, -0.05) is 18.3 Å². The molecule has 0 spiro atoms. The summed E-state index contributed by atoms with van der Waals surface area (Å²) in [5.41, 5.74) is 0.447. The molecular formula is C16H21N3O2S. The van der Waals surface area contributed by atoms with Crippen LogP contribution >= 0.6 is 11.3 Å². The Balaban J connectivity index is 1.80. The fraction of sp³-hybridized carbons (Fsp3) is 0.500. The minimum Gasteiger partial charge on any atom is -0.494 e. The third kappa shape index (κ3) is 2.80. The Hall–Kier alpha value is -1.66. The molecule has 0 radical (unpaired) electrons. The molecule has 1 atom stereocenters. The van der Waals surface area contributed by atoms with E-state index >= 15 is 0 Å². The highest BCUT2D eigenvalue weighted by Gasteiger charge is 2.39. The number of benzene rings is 1. The number of nitrogens with one attached hydrogen (secondary N) is 2. The van der Waals surface area contributed by atoms with Gasteiger partial charge in [-0.3, -0.25) is 4.79 Å². The Morgan fingerprint density at radius 3 is 3.05 bits per heavy atom. The second kappa shape index (κ2) is 6.22. The van der Waals surface area contributed by atoms with Gasteiger partial charge in [-0.25, -0.2) is 4.98 Å². The molecule has 118 valence electrons. The van der Waals surface area contributed by atoms with E-state index in [1.54, 1.807) is 0 Å². The lowest BCUT2D eigenvalue weighted by Gasteiger charge is -2.25. The van der Waals surface area contributed by atoms with Crippen LogP contribution in [-0.4, -0.2) is 29.6 Å². The molecule has 1 aliphatic rings. The van der Waals surface area contributed by atoms with E-state index in [2.05, 4.69) is 15.6 Å². The topological polar surface area (TPSA) is 63.2 Å². The molecule has 1 aliphatic heterocycles. The summed E-state index contributed by atoms with van der Waals surface area (Å²) in [5, 5.41) is 6.97. The number of fused-ring (bicyclic) bond motifs is 1. The summed E-state index contributed by atoms with van der Waals surface area (Å²) in [5.74, 6) is 0.857. The van der Waals surface area contributed by atoms with Gasteiger partial charge in [0.15, 0.2) is 5.13 Å². The van der Waals surface area contributed by atoms with E-state index in [-0.39, 0.29) is 5.91 Å². The van der Waals surface area contributed by atoms with E-state index in [0.29, 0.717) is 11.7 Å². The van der Waals surface area contributed by atoms with Gasteiger partial charge in [0, 0.05) is 0 Å². The lowest BCUT2D eigenvalue weighted by Crippen LogP contribution is -2.50. The first-order chi connectivity index (χ1) is 10.7. The van der Waals surface area contributed by atoms with Gasteiger partial charge in [-0.2, -0.15) is 0 Å². The van der Waals surface area contributed by atoms with Crippen molar-refractivity contribution in [2.75, 3.05) is 18.5 Å². The van der Waals surface area contributed by atoms with Crippen molar-refractivity contribution in [1.29, 1.82) is 0 Å². The zero-order valence-electron chi connectivity index (χ0n) is 12.9. The summed E-state index contributed by atoms with van der Waals surface area (Å²) in [4.78, 5) is 17.1. The minimum atomic E-state index is -0.436. The SMILES string of the molecule is CCOc1ccc2nc(NC(=O)C3(CC)CCCN3)sc2c1. The molecule has 22 heavy (non-hydrogen) atoms. The van der Waals surface area contributed by atoms with Crippen molar-refractivity contribution in [2.24, 2.45) is 0 Å². The van der Waals surface area contributed by atoms with E-state index < -0.39 is 5.54 Å². The monoisotopic (exact) mass is 319 g/mol. The summed E-state index contributed by atoms with van der Waals surface area (Å²) < 4.78 is 6.52. The van der Waals surface area contributed by atoms with Crippen molar-refractivity contribution in [3.05, 3.63) is 18.2 Å². The maximum Gasteiger partial charge on any atom is 0.246 e. The number of hydrogen-bond donors (Lipinski definition) is 2. The predicted molar refractivity (Wildman–Crippen MR) is 89.7 cm³/mol. The van der Waals surface area contributed by atoms with Crippen LogP contribution in [0.3, 0.4) is 0 Å². The molecule has 1 aromatic heterocycles. The largest absolute Gasteiger partial charge is 0.494 e. The highest BCUT2D eigenvalue weighted by Crippen LogP contribution is 2.31. The van der Waals surface area contributed by atoms with Crippen molar-refractivity contribution in [2.45, 2.75) is 38.6 Å². The Kier molecular flexibility index (Phi) is 4.31. The molecule has 1 amide bonds. The Bertz CT molecular complexity index is 677. The fourth-order valence-corrected chi connectivity index (χ4v) is 3.78. The number of carbonyl (C=O) groups excluding carboxylic acids is 1. The van der Waals surface area contributed by atoms with Crippen molar-refractivity contribution in [3.8, 4) is 5.75 Å². The highest BCUT2D eigenvalue weighted by atomic mass is 32.1. The second-order valence-corrected chi connectivity index (χ2v) is 6.53. The van der Waals surface area contributed by atoms with E-state index in [9.17, 15) is 4.79 Å². The molecule has 5 nitrogen and oxygen atoms in total. The number of rotatable bonds is 5. The number of nitrogens with zero attached hydrogens (tertiary/aromatic N) is 1. The predicted octanol–water partition coefficient (Wildman–Crippen LogP) is 3.17. The van der Waals surface area contributed by atoms with Crippen molar-refractivity contribution in [3.63, 3.8) is 0 Å². The number of hydrogen-bond acceptors (Lipinski definition) is 5. The summed E-state index contributed by atoms with van der Waals surface area (Å²) in [6.45, 7) is 5.54. The van der Waals surface area contributed by atoms with Crippen LogP contribution in [0.2, 0.25) is 0 Å².